The Bertz CT molecular complexity index is 67.0. The van der Waals surface area contributed by atoms with Crippen molar-refractivity contribution in [1.82, 2.24) is 0 Å². The second-order valence-electron chi connectivity index (χ2n) is 2.42. The second-order valence-corrected chi connectivity index (χ2v) is 2.42. The zero-order valence-corrected chi connectivity index (χ0v) is 6.69. The van der Waals surface area contributed by atoms with Gasteiger partial charge in [-0.2, -0.15) is 0 Å². The molecule has 0 spiro atoms. The molecule has 0 saturated heterocycles. The first kappa shape index (κ1) is 9.34. The molecule has 0 aliphatic heterocycles. The molecule has 0 saturated carbocycles. The van der Waals surface area contributed by atoms with Gasteiger partial charge in [-0.3, -0.25) is 0 Å². The quantitative estimate of drug-likeness (QED) is 0.384. The van der Waals surface area contributed by atoms with Crippen LogP contribution in [-0.4, -0.2) is 17.7 Å². The van der Waals surface area contributed by atoms with Gasteiger partial charge in [0.2, 0.25) is 0 Å². The summed E-state index contributed by atoms with van der Waals surface area (Å²) in [5.74, 6) is 0. The van der Waals surface area contributed by atoms with Crippen LogP contribution in [0, 0.1) is 0 Å². The predicted molar refractivity (Wildman–Crippen MR) is 43.7 cm³/mol. The number of rotatable bonds is 5. The summed E-state index contributed by atoms with van der Waals surface area (Å²) in [5, 5.41) is 0. The van der Waals surface area contributed by atoms with Crippen molar-refractivity contribution in [3.63, 3.8) is 0 Å². The Morgan fingerprint density at radius 1 is 1.22 bits per heavy atom. The minimum absolute atomic E-state index is 1.27. The Morgan fingerprint density at radius 2 is 2.00 bits per heavy atom. The second kappa shape index (κ2) is 8.34. The van der Waals surface area contributed by atoms with Gasteiger partial charge in [-0.15, -0.1) is 0 Å². The Balaban J connectivity index is 2.75. The molecule has 48 valence electrons. The molecule has 0 N–H and O–H groups in total. The summed E-state index contributed by atoms with van der Waals surface area (Å²) in [6.07, 6.45) is 9.04. The SMILES string of the molecule is [Li][CH]=CCCCCCC. The van der Waals surface area contributed by atoms with Crippen molar-refractivity contribution in [2.75, 3.05) is 0 Å². The van der Waals surface area contributed by atoms with E-state index in [0.29, 0.717) is 0 Å². The molecular formula is C8H15Li. The molecule has 0 aromatic carbocycles. The molecule has 0 aliphatic carbocycles. The van der Waals surface area contributed by atoms with Crippen molar-refractivity contribution in [3.05, 3.63) is 10.8 Å². The minimum atomic E-state index is 1.27. The van der Waals surface area contributed by atoms with E-state index in [1.165, 1.54) is 32.1 Å². The van der Waals surface area contributed by atoms with Crippen molar-refractivity contribution in [2.24, 2.45) is 0 Å². The number of hydrogen-bond acceptors (Lipinski definition) is 0. The van der Waals surface area contributed by atoms with Crippen LogP contribution in [0.15, 0.2) is 10.8 Å². The molecular weight excluding hydrogens is 103 g/mol. The van der Waals surface area contributed by atoms with Crippen molar-refractivity contribution < 1.29 is 0 Å². The molecule has 1 heteroatoms. The van der Waals surface area contributed by atoms with Crippen LogP contribution in [0.3, 0.4) is 0 Å². The van der Waals surface area contributed by atoms with Crippen molar-refractivity contribution in [1.29, 1.82) is 0 Å². The van der Waals surface area contributed by atoms with Crippen LogP contribution in [-0.2, 0) is 0 Å². The van der Waals surface area contributed by atoms with Crippen LogP contribution in [0.4, 0.5) is 0 Å². The van der Waals surface area contributed by atoms with Crippen molar-refractivity contribution in [2.45, 2.75) is 39.0 Å². The monoisotopic (exact) mass is 118 g/mol. The fraction of sp³-hybridized carbons (Fsp3) is 0.750. The van der Waals surface area contributed by atoms with Crippen LogP contribution in [0.5, 0.6) is 0 Å². The van der Waals surface area contributed by atoms with Gasteiger partial charge in [0.15, 0.2) is 0 Å². The van der Waals surface area contributed by atoms with E-state index >= 15 is 0 Å². The molecule has 0 heterocycles. The van der Waals surface area contributed by atoms with Crippen LogP contribution >= 0.6 is 0 Å². The molecule has 0 radical (unpaired) electrons. The fourth-order valence-corrected chi connectivity index (χ4v) is 0.856. The Hall–Kier alpha value is 0.337. The van der Waals surface area contributed by atoms with Crippen molar-refractivity contribution >= 4 is 17.7 Å². The fourth-order valence-electron chi connectivity index (χ4n) is 0.856. The summed E-state index contributed by atoms with van der Waals surface area (Å²) in [4.78, 5) is 0. The number of unbranched alkanes of at least 4 members (excludes halogenated alkanes) is 4. The van der Waals surface area contributed by atoms with Gasteiger partial charge in [0, 0.05) is 0 Å². The van der Waals surface area contributed by atoms with Crippen molar-refractivity contribution in [3.8, 4) is 0 Å². The molecule has 0 atom stereocenters. The first-order valence-corrected chi connectivity index (χ1v) is 4.03. The first-order chi connectivity index (χ1) is 4.41. The van der Waals surface area contributed by atoms with Crippen LogP contribution in [0.2, 0.25) is 0 Å². The van der Waals surface area contributed by atoms with E-state index in [9.17, 15) is 0 Å². The summed E-state index contributed by atoms with van der Waals surface area (Å²) in [7, 11) is 0. The summed E-state index contributed by atoms with van der Waals surface area (Å²) < 4.78 is 2.13. The van der Waals surface area contributed by atoms with Gasteiger partial charge < -0.3 is 0 Å². The normalized spacial score (nSPS) is 11.0. The molecule has 0 nitrogen and oxygen atoms in total. The molecule has 9 heavy (non-hydrogen) atoms. The average molecular weight is 118 g/mol. The molecule has 0 unspecified atom stereocenters. The zero-order chi connectivity index (χ0) is 6.95. The van der Waals surface area contributed by atoms with E-state index < -0.39 is 0 Å². The van der Waals surface area contributed by atoms with E-state index in [0.717, 1.165) is 0 Å². The third-order valence-electron chi connectivity index (χ3n) is 1.46. The Kier molecular flexibility index (Phi) is 8.65. The van der Waals surface area contributed by atoms with E-state index in [2.05, 4.69) is 35.5 Å². The van der Waals surface area contributed by atoms with Gasteiger partial charge in [-0.1, -0.05) is 0 Å². The van der Waals surface area contributed by atoms with Gasteiger partial charge in [0.05, 0.1) is 0 Å². The van der Waals surface area contributed by atoms with Gasteiger partial charge in [0.1, 0.15) is 0 Å². The summed E-state index contributed by atoms with van der Waals surface area (Å²) in [5.41, 5.74) is 0. The molecule has 0 rings (SSSR count). The van der Waals surface area contributed by atoms with Gasteiger partial charge in [-0.05, 0) is 0 Å². The van der Waals surface area contributed by atoms with E-state index in [1.54, 1.807) is 0 Å². The topological polar surface area (TPSA) is 0 Å². The first-order valence-electron chi connectivity index (χ1n) is 4.03. The average Bonchev–Trinajstić information content (AvgIpc) is 1.89. The third-order valence-corrected chi connectivity index (χ3v) is 1.46. The van der Waals surface area contributed by atoms with E-state index in [-0.39, 0.29) is 0 Å². The Morgan fingerprint density at radius 3 is 2.56 bits per heavy atom. The molecule has 0 aromatic heterocycles. The third kappa shape index (κ3) is 8.34. The maximum absolute atomic E-state index is 2.25. The number of allylic oxidation sites excluding steroid dienone is 1. The Labute approximate surface area is 67.9 Å². The van der Waals surface area contributed by atoms with Crippen LogP contribution < -0.4 is 0 Å². The molecule has 0 bridgehead atoms. The maximum atomic E-state index is 2.25. The number of hydrogen-bond donors (Lipinski definition) is 0. The van der Waals surface area contributed by atoms with Gasteiger partial charge >= 0.3 is 67.6 Å². The van der Waals surface area contributed by atoms with Gasteiger partial charge in [0.25, 0.3) is 0 Å². The van der Waals surface area contributed by atoms with Crippen LogP contribution in [0.1, 0.15) is 39.0 Å². The molecule has 0 amide bonds. The summed E-state index contributed by atoms with van der Waals surface area (Å²) >= 11 is 2.08. The standard InChI is InChI=1S/C8H15.Li/c1-3-5-7-8-6-4-2;/h1,3H,4-8H2,2H3;. The zero-order valence-electron chi connectivity index (χ0n) is 6.69. The molecule has 0 aliphatic rings. The van der Waals surface area contributed by atoms with E-state index in [1.807, 2.05) is 0 Å². The van der Waals surface area contributed by atoms with Gasteiger partial charge in [-0.25, -0.2) is 0 Å². The summed E-state index contributed by atoms with van der Waals surface area (Å²) in [6.45, 7) is 2.25. The van der Waals surface area contributed by atoms with E-state index in [4.69, 9.17) is 0 Å². The predicted octanol–water partition coefficient (Wildman–Crippen LogP) is 2.64. The summed E-state index contributed by atoms with van der Waals surface area (Å²) in [6, 6.07) is 0. The molecule has 0 fully saturated rings. The molecule has 0 aromatic rings. The van der Waals surface area contributed by atoms with Crippen LogP contribution in [0.25, 0.3) is 0 Å².